The number of carbonyl (C=O) groups is 1. The first kappa shape index (κ1) is 23.8. The van der Waals surface area contributed by atoms with Crippen molar-refractivity contribution in [1.29, 1.82) is 5.26 Å². The van der Waals surface area contributed by atoms with Crippen molar-refractivity contribution < 1.29 is 23.5 Å². The Balaban J connectivity index is 2.00. The fourth-order valence-electron chi connectivity index (χ4n) is 3.80. The minimum Gasteiger partial charge on any atom is -0.496 e. The normalized spacial score (nSPS) is 14.2. The summed E-state index contributed by atoms with van der Waals surface area (Å²) in [6.45, 7) is 3.43. The van der Waals surface area contributed by atoms with E-state index in [1.165, 1.54) is 14.2 Å². The molecule has 0 unspecified atom stereocenters. The number of benzene rings is 2. The van der Waals surface area contributed by atoms with Crippen LogP contribution in [-0.4, -0.2) is 50.9 Å². The van der Waals surface area contributed by atoms with Crippen LogP contribution in [0.15, 0.2) is 47.6 Å². The minimum atomic E-state index is -0.794. The van der Waals surface area contributed by atoms with Crippen LogP contribution in [0.4, 0.5) is 9.18 Å². The van der Waals surface area contributed by atoms with Crippen LogP contribution >= 0.6 is 0 Å². The number of rotatable bonds is 9. The Morgan fingerprint density at radius 2 is 2.12 bits per heavy atom. The maximum Gasteiger partial charge on any atom is 0.409 e. The highest BCUT2D eigenvalue weighted by Crippen LogP contribution is 2.33. The van der Waals surface area contributed by atoms with Gasteiger partial charge in [0.2, 0.25) is 0 Å². The second kappa shape index (κ2) is 11.1. The summed E-state index contributed by atoms with van der Waals surface area (Å²) in [5.74, 6) is -0.424. The van der Waals surface area contributed by atoms with Gasteiger partial charge >= 0.3 is 6.09 Å². The lowest BCUT2D eigenvalue weighted by Crippen LogP contribution is -2.25. The first-order valence-corrected chi connectivity index (χ1v) is 10.6. The minimum absolute atomic E-state index is 0.177. The van der Waals surface area contributed by atoms with E-state index in [-0.39, 0.29) is 11.7 Å². The fraction of sp³-hybridized carbons (Fsp3) is 0.320. The summed E-state index contributed by atoms with van der Waals surface area (Å²) in [6.07, 6.45) is 3.15. The molecule has 1 amide bonds. The molecule has 172 valence electrons. The molecule has 0 spiro atoms. The van der Waals surface area contributed by atoms with E-state index in [1.807, 2.05) is 31.2 Å². The van der Waals surface area contributed by atoms with Crippen molar-refractivity contribution >= 4 is 17.6 Å². The number of nitriles is 1. The monoisotopic (exact) mass is 451 g/mol. The number of methoxy groups -OCH3 is 1. The molecule has 3 rings (SSSR count). The van der Waals surface area contributed by atoms with Gasteiger partial charge in [-0.2, -0.15) is 9.65 Å². The Morgan fingerprint density at radius 1 is 1.30 bits per heavy atom. The number of allylic oxidation sites excluding steroid dienone is 1. The van der Waals surface area contributed by atoms with Crippen LogP contribution < -0.4 is 4.74 Å². The first-order valence-electron chi connectivity index (χ1n) is 10.6. The van der Waals surface area contributed by atoms with Gasteiger partial charge in [-0.15, -0.1) is 0 Å². The third-order valence-electron chi connectivity index (χ3n) is 5.31. The number of aryl methyl sites for hydroxylation is 1. The maximum absolute atomic E-state index is 14.7. The molecule has 2 aromatic carbocycles. The van der Waals surface area contributed by atoms with Crippen molar-refractivity contribution in [3.05, 3.63) is 70.3 Å². The van der Waals surface area contributed by atoms with Gasteiger partial charge in [-0.1, -0.05) is 23.4 Å². The number of carbonyl (C=O) groups excluding carboxylic acids is 1. The van der Waals surface area contributed by atoms with Gasteiger partial charge in [-0.05, 0) is 66.3 Å². The summed E-state index contributed by atoms with van der Waals surface area (Å²) >= 11 is 0. The molecular weight excluding hydrogens is 425 g/mol. The van der Waals surface area contributed by atoms with Gasteiger partial charge < -0.3 is 19.2 Å². The van der Waals surface area contributed by atoms with Gasteiger partial charge in [0.1, 0.15) is 19.5 Å². The van der Waals surface area contributed by atoms with Crippen molar-refractivity contribution in [3.8, 4) is 11.8 Å². The molecule has 0 aliphatic carbocycles. The molecule has 1 saturated heterocycles. The summed E-state index contributed by atoms with van der Waals surface area (Å²) < 4.78 is 25.0. The zero-order valence-corrected chi connectivity index (χ0v) is 18.9. The van der Waals surface area contributed by atoms with E-state index in [0.29, 0.717) is 37.4 Å². The number of hydrogen-bond acceptors (Lipinski definition) is 6. The van der Waals surface area contributed by atoms with E-state index in [2.05, 4.69) is 16.1 Å². The molecule has 1 fully saturated rings. The maximum atomic E-state index is 14.7. The smallest absolute Gasteiger partial charge is 0.409 e. The first-order chi connectivity index (χ1) is 16.0. The average Bonchev–Trinajstić information content (AvgIpc) is 3.23. The van der Waals surface area contributed by atoms with Gasteiger partial charge in [0.15, 0.2) is 0 Å². The molecule has 0 aromatic heterocycles. The number of halogens is 1. The van der Waals surface area contributed by atoms with Gasteiger partial charge in [0.25, 0.3) is 5.97 Å². The third-order valence-corrected chi connectivity index (χ3v) is 5.31. The van der Waals surface area contributed by atoms with Crippen LogP contribution in [0.25, 0.3) is 5.57 Å². The van der Waals surface area contributed by atoms with Crippen LogP contribution in [0.3, 0.4) is 0 Å². The Kier molecular flexibility index (Phi) is 8.03. The predicted octanol–water partition coefficient (Wildman–Crippen LogP) is 4.82. The van der Waals surface area contributed by atoms with E-state index in [4.69, 9.17) is 9.47 Å². The zero-order chi connectivity index (χ0) is 23.8. The number of ether oxygens (including phenoxy) is 2. The van der Waals surface area contributed by atoms with Gasteiger partial charge in [0, 0.05) is 6.54 Å². The van der Waals surface area contributed by atoms with E-state index < -0.39 is 5.97 Å². The molecule has 0 N–H and O–H groups in total. The number of nitrogens with zero attached hydrogens (tertiary/aromatic N) is 3. The molecule has 0 atom stereocenters. The van der Waals surface area contributed by atoms with Crippen molar-refractivity contribution in [3.63, 3.8) is 0 Å². The quantitative estimate of drug-likeness (QED) is 0.310. The summed E-state index contributed by atoms with van der Waals surface area (Å²) in [5, 5.41) is 12.8. The highest BCUT2D eigenvalue weighted by molar-refractivity contribution is 5.98. The SMILES string of the molecule is CON=C(F)c1cc(/C(=C\CCCN2CCOC2=O)c2cccc(C#N)c2)cc(C)c1OC. The van der Waals surface area contributed by atoms with E-state index >= 15 is 0 Å². The zero-order valence-electron chi connectivity index (χ0n) is 18.9. The Bertz CT molecular complexity index is 1120. The lowest BCUT2D eigenvalue weighted by Gasteiger charge is -2.16. The lowest BCUT2D eigenvalue weighted by atomic mass is 9.92. The van der Waals surface area contributed by atoms with Crippen molar-refractivity contribution in [2.45, 2.75) is 19.8 Å². The van der Waals surface area contributed by atoms with E-state index in [1.54, 1.807) is 23.1 Å². The predicted molar refractivity (Wildman–Crippen MR) is 123 cm³/mol. The highest BCUT2D eigenvalue weighted by Gasteiger charge is 2.21. The topological polar surface area (TPSA) is 84.2 Å². The molecule has 2 aromatic rings. The summed E-state index contributed by atoms with van der Waals surface area (Å²) in [5.41, 5.74) is 3.85. The summed E-state index contributed by atoms with van der Waals surface area (Å²) in [6, 6.07) is 13.0. The van der Waals surface area contributed by atoms with Crippen LogP contribution in [-0.2, 0) is 9.57 Å². The summed E-state index contributed by atoms with van der Waals surface area (Å²) in [7, 11) is 2.75. The van der Waals surface area contributed by atoms with Gasteiger partial charge in [-0.3, -0.25) is 0 Å². The number of cyclic esters (lactones) is 1. The van der Waals surface area contributed by atoms with Crippen LogP contribution in [0.5, 0.6) is 5.75 Å². The number of amides is 1. The molecule has 0 bridgehead atoms. The third kappa shape index (κ3) is 5.69. The van der Waals surface area contributed by atoms with Crippen LogP contribution in [0, 0.1) is 18.3 Å². The second-order valence-corrected chi connectivity index (χ2v) is 7.49. The van der Waals surface area contributed by atoms with Crippen LogP contribution in [0.2, 0.25) is 0 Å². The molecular formula is C25H26FN3O4. The molecule has 8 heteroatoms. The number of unbranched alkanes of at least 4 members (excludes halogenated alkanes) is 1. The van der Waals surface area contributed by atoms with Crippen molar-refractivity contribution in [2.24, 2.45) is 5.16 Å². The highest BCUT2D eigenvalue weighted by atomic mass is 19.1. The summed E-state index contributed by atoms with van der Waals surface area (Å²) in [4.78, 5) is 17.9. The largest absolute Gasteiger partial charge is 0.496 e. The van der Waals surface area contributed by atoms with Crippen molar-refractivity contribution in [2.75, 3.05) is 33.9 Å². The number of hydrogen-bond donors (Lipinski definition) is 0. The lowest BCUT2D eigenvalue weighted by molar-refractivity contribution is 0.158. The Hall–Kier alpha value is -3.86. The van der Waals surface area contributed by atoms with Gasteiger partial charge in [-0.25, -0.2) is 4.79 Å². The molecule has 1 aliphatic rings. The van der Waals surface area contributed by atoms with Gasteiger partial charge in [0.05, 0.1) is 30.9 Å². The Morgan fingerprint density at radius 3 is 2.79 bits per heavy atom. The standard InChI is InChI=1S/C25H26FN3O4/c1-17-13-20(15-22(23(17)31-2)24(26)28-32-3)21(19-8-6-7-18(14-19)16-27)9-4-5-10-29-11-12-33-25(29)30/h6-9,13-15H,4-5,10-12H2,1-3H3/b21-9-,28-24?. The van der Waals surface area contributed by atoms with Crippen LogP contribution in [0.1, 0.15) is 40.7 Å². The molecule has 7 nitrogen and oxygen atoms in total. The van der Waals surface area contributed by atoms with Crippen molar-refractivity contribution in [1.82, 2.24) is 4.90 Å². The fourth-order valence-corrected chi connectivity index (χ4v) is 3.80. The average molecular weight is 451 g/mol. The molecule has 1 heterocycles. The number of oxime groups is 1. The molecule has 0 saturated carbocycles. The second-order valence-electron chi connectivity index (χ2n) is 7.49. The molecule has 1 aliphatic heterocycles. The van der Waals surface area contributed by atoms with E-state index in [9.17, 15) is 14.4 Å². The van der Waals surface area contributed by atoms with E-state index in [0.717, 1.165) is 28.7 Å². The Labute approximate surface area is 192 Å². The molecule has 33 heavy (non-hydrogen) atoms. The molecule has 0 radical (unpaired) electrons.